The molecule has 0 unspecified atom stereocenters. The van der Waals surface area contributed by atoms with Crippen molar-refractivity contribution in [1.82, 2.24) is 0 Å². The molecule has 2 aromatic rings. The Morgan fingerprint density at radius 1 is 0.833 bits per heavy atom. The number of hydrogen-bond donors (Lipinski definition) is 1. The van der Waals surface area contributed by atoms with Gasteiger partial charge in [-0.1, -0.05) is 53.7 Å². The van der Waals surface area contributed by atoms with Gasteiger partial charge in [0.05, 0.1) is 0 Å². The second-order valence-corrected chi connectivity index (χ2v) is 8.32. The third kappa shape index (κ3) is 15.8. The normalized spacial score (nSPS) is 11.3. The van der Waals surface area contributed by atoms with Crippen LogP contribution in [0, 0.1) is 25.0 Å². The van der Waals surface area contributed by atoms with Crippen LogP contribution in [0.1, 0.15) is 53.5 Å². The second kappa shape index (κ2) is 17.7. The number of phenols is 1. The van der Waals surface area contributed by atoms with E-state index in [2.05, 4.69) is 65.8 Å². The Balaban J connectivity index is -0.000000163. The number of hydrogen-bond acceptors (Lipinski definition) is 1. The molecular weight excluding hydrogens is 447 g/mol. The Bertz CT molecular complexity index is 685. The number of allylic oxidation sites excluding steroid dienone is 4. The van der Waals surface area contributed by atoms with Crippen LogP contribution in [0.3, 0.4) is 0 Å². The fourth-order valence-electron chi connectivity index (χ4n) is 2.23. The van der Waals surface area contributed by atoms with Gasteiger partial charge in [-0.2, -0.15) is 42.5 Å². The molecule has 0 aromatic heterocycles. The largest absolute Gasteiger partial charge is 3.00 e. The molecule has 1 aliphatic carbocycles. The van der Waals surface area contributed by atoms with Crippen molar-refractivity contribution in [2.24, 2.45) is 5.41 Å². The predicted octanol–water partition coefficient (Wildman–Crippen LogP) is 8.19. The number of halogens is 2. The van der Waals surface area contributed by atoms with E-state index in [1.165, 1.54) is 5.57 Å². The average Bonchev–Trinajstić information content (AvgIpc) is 3.12. The fourth-order valence-corrected chi connectivity index (χ4v) is 2.23. The van der Waals surface area contributed by atoms with Gasteiger partial charge in [0.15, 0.2) is 0 Å². The first-order valence-corrected chi connectivity index (χ1v) is 9.09. The van der Waals surface area contributed by atoms with E-state index in [4.69, 9.17) is 0 Å². The van der Waals surface area contributed by atoms with Gasteiger partial charge in [0.2, 0.25) is 0 Å². The van der Waals surface area contributed by atoms with E-state index < -0.39 is 0 Å². The van der Waals surface area contributed by atoms with E-state index in [-0.39, 0.29) is 59.4 Å². The summed E-state index contributed by atoms with van der Waals surface area (Å²) in [4.78, 5) is 0. The molecule has 0 amide bonds. The summed E-state index contributed by atoms with van der Waals surface area (Å²) in [6, 6.07) is 19.9. The SMILES string of the molecule is CC(C)(C)C1=[C-]CC=C1.CC(C)(C)c1cccc(O)c1.Cl.Cl.[CH3-].[Ti+3].[c-]1ccccc1. The summed E-state index contributed by atoms with van der Waals surface area (Å²) in [7, 11) is 0. The Hall–Kier alpha value is -0.986. The second-order valence-electron chi connectivity index (χ2n) is 8.32. The predicted molar refractivity (Wildman–Crippen MR) is 133 cm³/mol. The Kier molecular flexibility index (Phi) is 21.4. The van der Waals surface area contributed by atoms with E-state index in [1.54, 1.807) is 12.1 Å². The molecule has 1 N–H and O–H groups in total. The van der Waals surface area contributed by atoms with Crippen LogP contribution >= 0.6 is 24.8 Å². The summed E-state index contributed by atoms with van der Waals surface area (Å²) < 4.78 is 0. The maximum absolute atomic E-state index is 9.18. The molecule has 0 spiro atoms. The smallest absolute Gasteiger partial charge is 0.508 e. The summed E-state index contributed by atoms with van der Waals surface area (Å²) in [5.74, 6) is 0.345. The van der Waals surface area contributed by atoms with Gasteiger partial charge in [0, 0.05) is 0 Å². The van der Waals surface area contributed by atoms with E-state index in [0.29, 0.717) is 11.2 Å². The molecule has 1 radical (unpaired) electrons. The molecule has 3 rings (SSSR count). The van der Waals surface area contributed by atoms with Crippen molar-refractivity contribution in [1.29, 1.82) is 0 Å². The third-order valence-electron chi connectivity index (χ3n) is 3.82. The standard InChI is InChI=1S/C10H14O.C9H13.C6H5.CH3.2ClH.Ti/c1-10(2,3)8-5-4-6-9(11)7-8;1-9(2,3)8-6-4-5-7-8;1-2-4-6-5-3-1;;;;/h4-7,11H,1-3H3;4,6H,5H2,1-3H3;1-5H;1H3;2*1H;/q;3*-1;;;+3. The maximum atomic E-state index is 9.18. The molecule has 0 saturated carbocycles. The zero-order valence-corrected chi connectivity index (χ0v) is 22.5. The van der Waals surface area contributed by atoms with Gasteiger partial charge in [-0.05, 0) is 28.5 Å². The summed E-state index contributed by atoms with van der Waals surface area (Å²) in [6.45, 7) is 13.0. The first kappa shape index (κ1) is 36.4. The van der Waals surface area contributed by atoms with Crippen molar-refractivity contribution < 1.29 is 26.8 Å². The van der Waals surface area contributed by atoms with Crippen LogP contribution in [0.4, 0.5) is 0 Å². The van der Waals surface area contributed by atoms with Gasteiger partial charge in [0.25, 0.3) is 0 Å². The van der Waals surface area contributed by atoms with E-state index in [0.717, 1.165) is 12.0 Å². The van der Waals surface area contributed by atoms with Crippen molar-refractivity contribution in [3.8, 4) is 5.75 Å². The summed E-state index contributed by atoms with van der Waals surface area (Å²) in [5, 5.41) is 9.18. The van der Waals surface area contributed by atoms with Crippen LogP contribution in [0.2, 0.25) is 0 Å². The van der Waals surface area contributed by atoms with E-state index in [9.17, 15) is 5.11 Å². The summed E-state index contributed by atoms with van der Waals surface area (Å²) in [6.07, 6.45) is 8.63. The minimum atomic E-state index is 0. The molecule has 1 nitrogen and oxygen atoms in total. The van der Waals surface area contributed by atoms with Crippen LogP contribution in [0.25, 0.3) is 0 Å². The number of rotatable bonds is 0. The van der Waals surface area contributed by atoms with Gasteiger partial charge < -0.3 is 12.5 Å². The third-order valence-corrected chi connectivity index (χ3v) is 3.82. The maximum Gasteiger partial charge on any atom is 3.00 e. The zero-order chi connectivity index (χ0) is 19.6. The van der Waals surface area contributed by atoms with Gasteiger partial charge in [-0.15, -0.1) is 31.2 Å². The van der Waals surface area contributed by atoms with Crippen LogP contribution in [-0.4, -0.2) is 5.11 Å². The van der Waals surface area contributed by atoms with Gasteiger partial charge >= 0.3 is 21.7 Å². The van der Waals surface area contributed by atoms with E-state index >= 15 is 0 Å². The molecule has 30 heavy (non-hydrogen) atoms. The summed E-state index contributed by atoms with van der Waals surface area (Å²) >= 11 is 0. The van der Waals surface area contributed by atoms with Crippen molar-refractivity contribution >= 4 is 24.8 Å². The quantitative estimate of drug-likeness (QED) is 0.295. The Morgan fingerprint density at radius 3 is 1.63 bits per heavy atom. The van der Waals surface area contributed by atoms with Crippen molar-refractivity contribution in [2.45, 2.75) is 53.4 Å². The molecule has 0 saturated heterocycles. The number of aromatic hydroxyl groups is 1. The minimum absolute atomic E-state index is 0. The van der Waals surface area contributed by atoms with Gasteiger partial charge in [0.1, 0.15) is 5.75 Å². The zero-order valence-electron chi connectivity index (χ0n) is 19.3. The van der Waals surface area contributed by atoms with Crippen molar-refractivity contribution in [3.05, 3.63) is 97.5 Å². The Labute approximate surface area is 212 Å². The minimum Gasteiger partial charge on any atom is -0.508 e. The molecule has 4 heteroatoms. The van der Waals surface area contributed by atoms with Gasteiger partial charge in [-0.25, -0.2) is 11.6 Å². The average molecular weight is 484 g/mol. The van der Waals surface area contributed by atoms with Crippen molar-refractivity contribution in [3.63, 3.8) is 0 Å². The first-order valence-electron chi connectivity index (χ1n) is 9.09. The summed E-state index contributed by atoms with van der Waals surface area (Å²) in [5.41, 5.74) is 2.94. The van der Waals surface area contributed by atoms with Crippen LogP contribution in [0.15, 0.2) is 72.3 Å². The molecule has 0 bridgehead atoms. The molecule has 165 valence electrons. The molecule has 0 aliphatic heterocycles. The van der Waals surface area contributed by atoms with Crippen LogP contribution in [-0.2, 0) is 27.1 Å². The Morgan fingerprint density at radius 2 is 1.40 bits per heavy atom. The topological polar surface area (TPSA) is 20.2 Å². The van der Waals surface area contributed by atoms with Crippen LogP contribution in [0.5, 0.6) is 5.75 Å². The van der Waals surface area contributed by atoms with E-state index in [1.807, 2.05) is 42.5 Å². The first-order chi connectivity index (χ1) is 12.1. The van der Waals surface area contributed by atoms with Gasteiger partial charge in [-0.3, -0.25) is 6.08 Å². The molecule has 2 aromatic carbocycles. The number of phenolic OH excluding ortho intramolecular Hbond substituents is 1. The van der Waals surface area contributed by atoms with Crippen molar-refractivity contribution in [2.75, 3.05) is 0 Å². The van der Waals surface area contributed by atoms with Crippen LogP contribution < -0.4 is 0 Å². The molecule has 0 atom stereocenters. The molecule has 0 heterocycles. The molecule has 0 fully saturated rings. The monoisotopic (exact) mass is 483 g/mol. The molecular formula is C26H37Cl2OTi. The molecule has 1 aliphatic rings. The number of benzene rings is 2. The fraction of sp³-hybridized carbons (Fsp3) is 0.346.